The summed E-state index contributed by atoms with van der Waals surface area (Å²) in [7, 11) is 1.62. The van der Waals surface area contributed by atoms with E-state index in [1.807, 2.05) is 18.2 Å². The van der Waals surface area contributed by atoms with Crippen LogP contribution in [0.25, 0.3) is 11.0 Å². The first-order valence-electron chi connectivity index (χ1n) is 13.0. The van der Waals surface area contributed by atoms with E-state index >= 15 is 0 Å². The number of anilines is 3. The highest BCUT2D eigenvalue weighted by atomic mass is 35.5. The van der Waals surface area contributed by atoms with Gasteiger partial charge in [0.25, 0.3) is 0 Å². The Labute approximate surface area is 222 Å². The number of likely N-dealkylation sites (tertiary alicyclic amines) is 1. The first-order chi connectivity index (χ1) is 18.1. The number of nitrogens with zero attached hydrogens (tertiary/aromatic N) is 4. The summed E-state index contributed by atoms with van der Waals surface area (Å²) in [5.74, 6) is 1.70. The average Bonchev–Trinajstić information content (AvgIpc) is 3.32. The van der Waals surface area contributed by atoms with Crippen molar-refractivity contribution in [2.75, 3.05) is 63.7 Å². The number of aliphatic hydroxyl groups excluding tert-OH is 1. The molecule has 0 amide bonds. The van der Waals surface area contributed by atoms with Gasteiger partial charge in [0, 0.05) is 45.0 Å². The molecule has 0 spiro atoms. The fourth-order valence-corrected chi connectivity index (χ4v) is 5.40. The number of piperidine rings is 1. The van der Waals surface area contributed by atoms with Crippen LogP contribution >= 0.6 is 11.6 Å². The Bertz CT molecular complexity index is 1190. The highest BCUT2D eigenvalue weighted by Crippen LogP contribution is 2.34. The molecular weight excluding hydrogens is 494 g/mol. The Morgan fingerprint density at radius 2 is 2.00 bits per heavy atom. The van der Waals surface area contributed by atoms with Gasteiger partial charge in [-0.05, 0) is 37.0 Å². The number of fused-ring (bicyclic) bond motifs is 1. The van der Waals surface area contributed by atoms with Gasteiger partial charge in [0.2, 0.25) is 5.95 Å². The van der Waals surface area contributed by atoms with Gasteiger partial charge in [0.1, 0.15) is 23.4 Å². The van der Waals surface area contributed by atoms with E-state index in [4.69, 9.17) is 21.1 Å². The van der Waals surface area contributed by atoms with Gasteiger partial charge < -0.3 is 30.2 Å². The summed E-state index contributed by atoms with van der Waals surface area (Å²) in [6.45, 7) is 8.21. The lowest BCUT2D eigenvalue weighted by Crippen LogP contribution is -2.49. The zero-order valence-corrected chi connectivity index (χ0v) is 22.2. The largest absolute Gasteiger partial charge is 0.495 e. The van der Waals surface area contributed by atoms with Crippen molar-refractivity contribution in [1.82, 2.24) is 24.8 Å². The number of ether oxygens (including phenoxy) is 2. The number of halogens is 1. The molecule has 0 saturated carbocycles. The number of benzene rings is 1. The molecule has 11 heteroatoms. The molecule has 5 rings (SSSR count). The predicted molar refractivity (Wildman–Crippen MR) is 146 cm³/mol. The molecule has 2 saturated heterocycles. The van der Waals surface area contributed by atoms with Crippen LogP contribution in [0.15, 0.2) is 24.4 Å². The molecule has 1 atom stereocenters. The highest BCUT2D eigenvalue weighted by Gasteiger charge is 2.29. The molecule has 37 heavy (non-hydrogen) atoms. The number of hydrogen-bond donors (Lipinski definition) is 4. The fourth-order valence-electron chi connectivity index (χ4n) is 5.16. The molecule has 3 aromatic rings. The topological polar surface area (TPSA) is 111 Å². The number of H-pyrrole nitrogens is 1. The Morgan fingerprint density at radius 1 is 1.22 bits per heavy atom. The number of aromatic amines is 1. The van der Waals surface area contributed by atoms with Gasteiger partial charge in [-0.15, -0.1) is 0 Å². The van der Waals surface area contributed by atoms with Gasteiger partial charge in [-0.2, -0.15) is 9.97 Å². The zero-order valence-electron chi connectivity index (χ0n) is 21.5. The molecule has 2 aliphatic heterocycles. The van der Waals surface area contributed by atoms with Crippen molar-refractivity contribution in [3.8, 4) is 5.75 Å². The lowest BCUT2D eigenvalue weighted by molar-refractivity contribution is -0.0423. The number of aliphatic hydroxyl groups is 1. The van der Waals surface area contributed by atoms with Crippen molar-refractivity contribution in [2.45, 2.75) is 38.5 Å². The first kappa shape index (κ1) is 26.0. The van der Waals surface area contributed by atoms with Gasteiger partial charge in [-0.1, -0.05) is 24.6 Å². The van der Waals surface area contributed by atoms with Gasteiger partial charge >= 0.3 is 0 Å². The van der Waals surface area contributed by atoms with E-state index in [0.29, 0.717) is 39.9 Å². The molecule has 2 aromatic heterocycles. The Hall–Kier alpha value is -2.63. The van der Waals surface area contributed by atoms with Crippen LogP contribution in [-0.2, 0) is 4.74 Å². The van der Waals surface area contributed by atoms with Crippen molar-refractivity contribution in [3.05, 3.63) is 35.0 Å². The van der Waals surface area contributed by atoms with Crippen LogP contribution in [0.5, 0.6) is 5.75 Å². The standard InChI is InChI=1S/C26H36ClN7O3/c1-3-8-28-23-22-19(27)16-29-24(22)32-26(31-23)30-20-5-4-17(15-21(20)36-2)25(35)34-9-6-18(7-10-34)33-11-13-37-14-12-33/h4-5,15-16,18,25,35H,3,6-14H2,1-2H3,(H3,28,29,30,31,32). The van der Waals surface area contributed by atoms with Crippen molar-refractivity contribution < 1.29 is 14.6 Å². The van der Waals surface area contributed by atoms with Crippen molar-refractivity contribution in [3.63, 3.8) is 0 Å². The van der Waals surface area contributed by atoms with Crippen LogP contribution in [0.3, 0.4) is 0 Å². The number of hydrogen-bond acceptors (Lipinski definition) is 9. The van der Waals surface area contributed by atoms with Crippen molar-refractivity contribution >= 4 is 40.1 Å². The fraction of sp³-hybridized carbons (Fsp3) is 0.538. The third kappa shape index (κ3) is 5.78. The third-order valence-electron chi connectivity index (χ3n) is 7.20. The van der Waals surface area contributed by atoms with Gasteiger partial charge in [0.15, 0.2) is 0 Å². The van der Waals surface area contributed by atoms with E-state index in [1.54, 1.807) is 13.3 Å². The van der Waals surface area contributed by atoms with Crippen LogP contribution in [-0.4, -0.2) is 88.9 Å². The molecule has 2 fully saturated rings. The lowest BCUT2D eigenvalue weighted by Gasteiger charge is -2.41. The minimum Gasteiger partial charge on any atom is -0.495 e. The number of aromatic nitrogens is 3. The van der Waals surface area contributed by atoms with Crippen LogP contribution < -0.4 is 15.4 Å². The van der Waals surface area contributed by atoms with Crippen molar-refractivity contribution in [2.24, 2.45) is 0 Å². The maximum Gasteiger partial charge on any atom is 0.231 e. The van der Waals surface area contributed by atoms with Gasteiger partial charge in [-0.25, -0.2) is 0 Å². The monoisotopic (exact) mass is 529 g/mol. The second-order valence-electron chi connectivity index (χ2n) is 9.56. The molecule has 200 valence electrons. The Balaban J connectivity index is 1.29. The van der Waals surface area contributed by atoms with E-state index in [-0.39, 0.29) is 0 Å². The quantitative estimate of drug-likeness (QED) is 0.327. The molecule has 0 aliphatic carbocycles. The minimum absolute atomic E-state index is 0.418. The normalized spacial score (nSPS) is 18.7. The van der Waals surface area contributed by atoms with E-state index in [9.17, 15) is 5.11 Å². The summed E-state index contributed by atoms with van der Waals surface area (Å²) >= 11 is 6.35. The van der Waals surface area contributed by atoms with Crippen LogP contribution in [0.1, 0.15) is 38.0 Å². The average molecular weight is 530 g/mol. The van der Waals surface area contributed by atoms with Crippen LogP contribution in [0.2, 0.25) is 5.02 Å². The van der Waals surface area contributed by atoms with Gasteiger partial charge in [-0.3, -0.25) is 9.80 Å². The van der Waals surface area contributed by atoms with E-state index in [0.717, 1.165) is 76.1 Å². The summed E-state index contributed by atoms with van der Waals surface area (Å²) in [5, 5.41) is 19.1. The molecule has 4 N–H and O–H groups in total. The maximum atomic E-state index is 11.1. The summed E-state index contributed by atoms with van der Waals surface area (Å²) in [4.78, 5) is 17.0. The second kappa shape index (κ2) is 11.8. The van der Waals surface area contributed by atoms with E-state index in [1.165, 1.54) is 0 Å². The molecule has 10 nitrogen and oxygen atoms in total. The summed E-state index contributed by atoms with van der Waals surface area (Å²) < 4.78 is 11.2. The van der Waals surface area contributed by atoms with E-state index < -0.39 is 6.23 Å². The maximum absolute atomic E-state index is 11.1. The lowest BCUT2D eigenvalue weighted by atomic mass is 10.0. The number of nitrogens with one attached hydrogen (secondary N) is 3. The Kier molecular flexibility index (Phi) is 8.31. The zero-order chi connectivity index (χ0) is 25.8. The van der Waals surface area contributed by atoms with Crippen LogP contribution in [0.4, 0.5) is 17.5 Å². The van der Waals surface area contributed by atoms with E-state index in [2.05, 4.69) is 42.3 Å². The number of methoxy groups -OCH3 is 1. The second-order valence-corrected chi connectivity index (χ2v) is 9.96. The van der Waals surface area contributed by atoms with Crippen LogP contribution in [0, 0.1) is 0 Å². The molecule has 1 aromatic carbocycles. The third-order valence-corrected chi connectivity index (χ3v) is 7.50. The smallest absolute Gasteiger partial charge is 0.231 e. The number of rotatable bonds is 9. The SMILES string of the molecule is CCCNc1nc(Nc2ccc(C(O)N3CCC(N4CCOCC4)CC3)cc2OC)nc2[nH]cc(Cl)c12. The van der Waals surface area contributed by atoms with Gasteiger partial charge in [0.05, 0.1) is 36.4 Å². The minimum atomic E-state index is -0.688. The molecule has 0 radical (unpaired) electrons. The molecule has 0 bridgehead atoms. The molecule has 4 heterocycles. The molecule has 2 aliphatic rings. The van der Waals surface area contributed by atoms with Crippen molar-refractivity contribution in [1.29, 1.82) is 0 Å². The number of morpholine rings is 1. The summed E-state index contributed by atoms with van der Waals surface area (Å²) in [5.41, 5.74) is 2.15. The highest BCUT2D eigenvalue weighted by molar-refractivity contribution is 6.36. The summed E-state index contributed by atoms with van der Waals surface area (Å²) in [6.07, 6.45) is 4.07. The summed E-state index contributed by atoms with van der Waals surface area (Å²) in [6, 6.07) is 6.26. The predicted octanol–water partition coefficient (Wildman–Crippen LogP) is 3.97. The molecular formula is C26H36ClN7O3. The molecule has 1 unspecified atom stereocenters. The Morgan fingerprint density at radius 3 is 2.73 bits per heavy atom. The first-order valence-corrected chi connectivity index (χ1v) is 13.4.